The topological polar surface area (TPSA) is 145 Å². The molecule has 2 heterocycles. The normalized spacial score (nSPS) is 22.9. The number of nitrogens with one attached hydrogen (secondary N) is 2. The average molecular weight is 516 g/mol. The minimum Gasteiger partial charge on any atom is -0.465 e. The second-order valence-corrected chi connectivity index (χ2v) is 11.5. The Labute approximate surface area is 218 Å². The summed E-state index contributed by atoms with van der Waals surface area (Å²) in [4.78, 5) is 54.5. The summed E-state index contributed by atoms with van der Waals surface area (Å²) in [6.45, 7) is 6.12. The number of anilines is 1. The Hall–Kier alpha value is -3.30. The van der Waals surface area contributed by atoms with Crippen LogP contribution in [0.15, 0.2) is 24.3 Å². The number of hydrogen-bond acceptors (Lipinski definition) is 5. The van der Waals surface area contributed by atoms with Crippen molar-refractivity contribution in [1.29, 1.82) is 0 Å². The van der Waals surface area contributed by atoms with Crippen LogP contribution in [0.1, 0.15) is 71.3 Å². The van der Waals surface area contributed by atoms with Gasteiger partial charge in [0.25, 0.3) is 0 Å². The molecule has 2 aliphatic heterocycles. The monoisotopic (exact) mass is 515 g/mol. The zero-order valence-corrected chi connectivity index (χ0v) is 22.3. The van der Waals surface area contributed by atoms with Crippen LogP contribution in [0.5, 0.6) is 0 Å². The number of rotatable bonds is 7. The predicted molar refractivity (Wildman–Crippen MR) is 140 cm³/mol. The van der Waals surface area contributed by atoms with E-state index in [9.17, 15) is 24.3 Å². The van der Waals surface area contributed by atoms with E-state index in [1.54, 1.807) is 17.0 Å². The number of nitrogen functional groups attached to an aromatic ring is 1. The van der Waals surface area contributed by atoms with Gasteiger partial charge < -0.3 is 26.4 Å². The molecule has 10 nitrogen and oxygen atoms in total. The van der Waals surface area contributed by atoms with Crippen molar-refractivity contribution in [2.75, 3.05) is 12.8 Å². The van der Waals surface area contributed by atoms with Crippen LogP contribution in [-0.2, 0) is 20.9 Å². The van der Waals surface area contributed by atoms with Crippen molar-refractivity contribution in [2.45, 2.75) is 96.4 Å². The number of likely N-dealkylation sites (N-methyl/N-ethyl adjacent to an activating group) is 1. The summed E-state index contributed by atoms with van der Waals surface area (Å²) in [7, 11) is 1.37. The molecule has 0 aromatic heterocycles. The van der Waals surface area contributed by atoms with Crippen LogP contribution in [0.25, 0.3) is 0 Å². The van der Waals surface area contributed by atoms with Gasteiger partial charge in [0.1, 0.15) is 18.1 Å². The van der Waals surface area contributed by atoms with E-state index in [4.69, 9.17) is 5.73 Å². The lowest BCUT2D eigenvalue weighted by atomic mass is 9.87. The van der Waals surface area contributed by atoms with Crippen LogP contribution < -0.4 is 16.4 Å². The van der Waals surface area contributed by atoms with Crippen molar-refractivity contribution in [1.82, 2.24) is 20.4 Å². The highest BCUT2D eigenvalue weighted by atomic mass is 16.4. The summed E-state index contributed by atoms with van der Waals surface area (Å²) < 4.78 is 0. The largest absolute Gasteiger partial charge is 0.465 e. The Balaban J connectivity index is 1.74. The Kier molecular flexibility index (Phi) is 9.04. The summed E-state index contributed by atoms with van der Waals surface area (Å²) in [6.07, 6.45) is 3.33. The maximum Gasteiger partial charge on any atom is 0.407 e. The lowest BCUT2D eigenvalue weighted by Crippen LogP contribution is -2.59. The van der Waals surface area contributed by atoms with Gasteiger partial charge in [-0.15, -0.1) is 0 Å². The van der Waals surface area contributed by atoms with Crippen molar-refractivity contribution >= 4 is 29.5 Å². The summed E-state index contributed by atoms with van der Waals surface area (Å²) in [5, 5.41) is 15.3. The molecule has 2 aliphatic rings. The minimum absolute atomic E-state index is 0.0533. The van der Waals surface area contributed by atoms with Gasteiger partial charge in [-0.25, -0.2) is 4.79 Å². The molecule has 10 heteroatoms. The smallest absolute Gasteiger partial charge is 0.407 e. The average Bonchev–Trinajstić information content (AvgIpc) is 3.23. The fourth-order valence-electron chi connectivity index (χ4n) is 5.32. The van der Waals surface area contributed by atoms with Gasteiger partial charge in [-0.1, -0.05) is 45.7 Å². The highest BCUT2D eigenvalue weighted by Crippen LogP contribution is 2.32. The second kappa shape index (κ2) is 11.8. The van der Waals surface area contributed by atoms with Crippen LogP contribution in [0, 0.1) is 5.41 Å². The van der Waals surface area contributed by atoms with E-state index >= 15 is 0 Å². The van der Waals surface area contributed by atoms with Crippen LogP contribution in [-0.4, -0.2) is 69.9 Å². The zero-order valence-electron chi connectivity index (χ0n) is 22.3. The van der Waals surface area contributed by atoms with Gasteiger partial charge >= 0.3 is 6.09 Å². The Morgan fingerprint density at radius 2 is 1.86 bits per heavy atom. The number of fused-ring (bicyclic) bond motifs is 1. The number of nitrogens with zero attached hydrogens (tertiary/aromatic N) is 2. The maximum absolute atomic E-state index is 13.7. The van der Waals surface area contributed by atoms with E-state index in [2.05, 4.69) is 10.6 Å². The Morgan fingerprint density at radius 1 is 1.16 bits per heavy atom. The fourth-order valence-corrected chi connectivity index (χ4v) is 5.32. The molecule has 3 rings (SSSR count). The lowest BCUT2D eigenvalue weighted by Gasteiger charge is -2.36. The molecule has 0 saturated carbocycles. The van der Waals surface area contributed by atoms with Gasteiger partial charge in [0, 0.05) is 25.3 Å². The highest BCUT2D eigenvalue weighted by molar-refractivity contribution is 5.94. The quantitative estimate of drug-likeness (QED) is 0.411. The molecule has 0 unspecified atom stereocenters. The van der Waals surface area contributed by atoms with E-state index in [0.29, 0.717) is 31.5 Å². The first-order chi connectivity index (χ1) is 17.4. The number of hydrogen-bond donors (Lipinski definition) is 4. The molecular weight excluding hydrogens is 474 g/mol. The first-order valence-electron chi connectivity index (χ1n) is 13.1. The molecule has 204 valence electrons. The van der Waals surface area contributed by atoms with Gasteiger partial charge in [-0.2, -0.15) is 0 Å². The standard InChI is InChI=1S/C27H41N5O5/c1-27(2,3)15-22(31(4)26(36)37)24(34)30-20-11-6-5-10-19-12-13-21(32(19)25(20)35)23(33)29-16-17-8-7-9-18(28)14-17/h7-9,14,19-22H,5-6,10-13,15-16,28H2,1-4H3,(H,29,33)(H,30,34)(H,36,37)/t19-,20-,21-,22-/m0/s1. The van der Waals surface area contributed by atoms with Gasteiger partial charge in [0.2, 0.25) is 17.7 Å². The number of amides is 4. The number of nitrogens with two attached hydrogens (primary N) is 1. The van der Waals surface area contributed by atoms with Crippen LogP contribution in [0.2, 0.25) is 0 Å². The molecule has 5 N–H and O–H groups in total. The molecule has 0 bridgehead atoms. The van der Waals surface area contributed by atoms with Crippen molar-refractivity contribution < 1.29 is 24.3 Å². The maximum atomic E-state index is 13.7. The van der Waals surface area contributed by atoms with E-state index in [0.717, 1.165) is 36.1 Å². The molecular formula is C27H41N5O5. The Bertz CT molecular complexity index is 1010. The fraction of sp³-hybridized carbons (Fsp3) is 0.630. The first-order valence-corrected chi connectivity index (χ1v) is 13.1. The molecule has 1 aromatic rings. The molecule has 2 fully saturated rings. The third-order valence-corrected chi connectivity index (χ3v) is 7.25. The molecule has 4 atom stereocenters. The highest BCUT2D eigenvalue weighted by Gasteiger charge is 2.44. The van der Waals surface area contributed by atoms with Crippen LogP contribution >= 0.6 is 0 Å². The van der Waals surface area contributed by atoms with Gasteiger partial charge in [-0.3, -0.25) is 19.3 Å². The molecule has 4 amide bonds. The van der Waals surface area contributed by atoms with Gasteiger partial charge in [0.05, 0.1) is 0 Å². The van der Waals surface area contributed by atoms with Crippen molar-refractivity contribution in [3.05, 3.63) is 29.8 Å². The number of carboxylic acid groups (broad SMARTS) is 1. The zero-order chi connectivity index (χ0) is 27.3. The third kappa shape index (κ3) is 7.36. The number of carbonyl (C=O) groups is 4. The van der Waals surface area contributed by atoms with E-state index in [1.807, 2.05) is 32.9 Å². The lowest BCUT2D eigenvalue weighted by molar-refractivity contribution is -0.144. The van der Waals surface area contributed by atoms with E-state index in [-0.39, 0.29) is 23.3 Å². The molecule has 2 saturated heterocycles. The first kappa shape index (κ1) is 28.3. The molecule has 1 aromatic carbocycles. The van der Waals surface area contributed by atoms with Gasteiger partial charge in [-0.05, 0) is 55.2 Å². The summed E-state index contributed by atoms with van der Waals surface area (Å²) in [5.41, 5.74) is 7.02. The van der Waals surface area contributed by atoms with E-state index in [1.165, 1.54) is 7.05 Å². The summed E-state index contributed by atoms with van der Waals surface area (Å²) in [5.74, 6) is -0.982. The van der Waals surface area contributed by atoms with Crippen LogP contribution in [0.4, 0.5) is 10.5 Å². The Morgan fingerprint density at radius 3 is 2.51 bits per heavy atom. The summed E-state index contributed by atoms with van der Waals surface area (Å²) in [6, 6.07) is 4.89. The summed E-state index contributed by atoms with van der Waals surface area (Å²) >= 11 is 0. The second-order valence-electron chi connectivity index (χ2n) is 11.5. The third-order valence-electron chi connectivity index (χ3n) is 7.25. The molecule has 0 spiro atoms. The predicted octanol–water partition coefficient (Wildman–Crippen LogP) is 2.72. The number of carbonyl (C=O) groups excluding carboxylic acids is 3. The number of benzene rings is 1. The van der Waals surface area contributed by atoms with Crippen molar-refractivity contribution in [3.63, 3.8) is 0 Å². The SMILES string of the molecule is CN(C(=O)O)[C@@H](CC(C)(C)C)C(=O)N[C@H]1CCCC[C@H]2CC[C@@H](C(=O)NCc3cccc(N)c3)N2C1=O. The molecule has 0 aliphatic carbocycles. The van der Waals surface area contributed by atoms with Crippen LogP contribution in [0.3, 0.4) is 0 Å². The van der Waals surface area contributed by atoms with Crippen molar-refractivity contribution in [2.24, 2.45) is 5.41 Å². The minimum atomic E-state index is -1.20. The molecule has 0 radical (unpaired) electrons. The van der Waals surface area contributed by atoms with Gasteiger partial charge in [0.15, 0.2) is 0 Å². The van der Waals surface area contributed by atoms with Crippen molar-refractivity contribution in [3.8, 4) is 0 Å². The van der Waals surface area contributed by atoms with E-state index < -0.39 is 30.1 Å². The molecule has 37 heavy (non-hydrogen) atoms.